The monoisotopic (exact) mass is 332 g/mol. The van der Waals surface area contributed by atoms with Crippen LogP contribution < -0.4 is 0 Å². The Kier molecular flexibility index (Phi) is 6.15. The first-order chi connectivity index (χ1) is 11.4. The van der Waals surface area contributed by atoms with Crippen LogP contribution in [0.5, 0.6) is 0 Å². The predicted molar refractivity (Wildman–Crippen MR) is 90.0 cm³/mol. The quantitative estimate of drug-likeness (QED) is 0.487. The molecule has 0 bridgehead atoms. The van der Waals surface area contributed by atoms with Gasteiger partial charge >= 0.3 is 11.9 Å². The van der Waals surface area contributed by atoms with Crippen molar-refractivity contribution >= 4 is 11.9 Å². The Balaban J connectivity index is 2.12. The molecule has 130 valence electrons. The fraction of sp³-hybridized carbons (Fsp3) is 0.474. The number of hydrogen-bond acceptors (Lipinski definition) is 5. The minimum Gasteiger partial charge on any atom is -0.458 e. The van der Waals surface area contributed by atoms with Crippen LogP contribution in [-0.2, 0) is 19.1 Å². The van der Waals surface area contributed by atoms with E-state index in [1.165, 1.54) is 0 Å². The number of carbonyl (C=O) groups excluding carboxylic acids is 2. The number of hydrogen-bond donors (Lipinski definition) is 1. The van der Waals surface area contributed by atoms with E-state index in [-0.39, 0.29) is 31.2 Å². The van der Waals surface area contributed by atoms with Crippen molar-refractivity contribution in [1.29, 1.82) is 0 Å². The van der Waals surface area contributed by atoms with Gasteiger partial charge in [-0.15, -0.1) is 0 Å². The van der Waals surface area contributed by atoms with E-state index in [0.29, 0.717) is 30.4 Å². The normalized spacial score (nSPS) is 28.8. The smallest absolute Gasteiger partial charge is 0.334 e. The summed E-state index contributed by atoms with van der Waals surface area (Å²) in [6.07, 6.45) is 6.30. The van der Waals surface area contributed by atoms with Crippen molar-refractivity contribution in [2.45, 2.75) is 38.7 Å². The highest BCUT2D eigenvalue weighted by molar-refractivity contribution is 5.91. The van der Waals surface area contributed by atoms with Crippen molar-refractivity contribution in [2.75, 3.05) is 13.2 Å². The van der Waals surface area contributed by atoms with Crippen molar-refractivity contribution in [1.82, 2.24) is 0 Å². The van der Waals surface area contributed by atoms with Gasteiger partial charge in [0.25, 0.3) is 0 Å². The van der Waals surface area contributed by atoms with Crippen LogP contribution in [0.2, 0.25) is 0 Å². The van der Waals surface area contributed by atoms with Crippen LogP contribution >= 0.6 is 0 Å². The minimum absolute atomic E-state index is 0.0684. The second kappa shape index (κ2) is 8.11. The van der Waals surface area contributed by atoms with Gasteiger partial charge in [0.1, 0.15) is 12.7 Å². The molecule has 0 spiro atoms. The van der Waals surface area contributed by atoms with E-state index >= 15 is 0 Å². The van der Waals surface area contributed by atoms with Crippen LogP contribution in [0.4, 0.5) is 0 Å². The highest BCUT2D eigenvalue weighted by atomic mass is 16.6. The molecule has 0 aromatic rings. The zero-order valence-corrected chi connectivity index (χ0v) is 14.0. The summed E-state index contributed by atoms with van der Waals surface area (Å²) in [7, 11) is 0. The maximum Gasteiger partial charge on any atom is 0.334 e. The van der Waals surface area contributed by atoms with Gasteiger partial charge in [-0.1, -0.05) is 19.2 Å². The van der Waals surface area contributed by atoms with E-state index in [0.717, 1.165) is 17.6 Å². The van der Waals surface area contributed by atoms with E-state index in [1.54, 1.807) is 6.92 Å². The van der Waals surface area contributed by atoms with Gasteiger partial charge in [-0.25, -0.2) is 9.59 Å². The number of esters is 2. The average molecular weight is 332 g/mol. The SMILES string of the molecule is C=C(C)C(=O)OC/C1=C\CC/C(CO)=C/[C@H]2OC(=O)C(=C)[C@@H]2CC1. The molecule has 1 aliphatic heterocycles. The Labute approximate surface area is 142 Å². The summed E-state index contributed by atoms with van der Waals surface area (Å²) in [6.45, 7) is 9.16. The van der Waals surface area contributed by atoms with Gasteiger partial charge in [-0.05, 0) is 49.8 Å². The Hall–Kier alpha value is -2.14. The molecule has 0 saturated carbocycles. The van der Waals surface area contributed by atoms with Gasteiger partial charge in [-0.2, -0.15) is 0 Å². The van der Waals surface area contributed by atoms with Crippen molar-refractivity contribution < 1.29 is 24.2 Å². The molecular weight excluding hydrogens is 308 g/mol. The standard InChI is InChI=1S/C19H24O5/c1-12(2)18(21)23-11-14-5-4-6-15(10-20)9-17-16(8-7-14)13(3)19(22)24-17/h5,9,16-17,20H,1,3-4,6-8,10-11H2,2H3/b14-5-,15-9-/t16-,17+/m0/s1. The van der Waals surface area contributed by atoms with E-state index in [9.17, 15) is 14.7 Å². The molecule has 2 aliphatic rings. The number of aliphatic hydroxyl groups excluding tert-OH is 1. The van der Waals surface area contributed by atoms with Crippen LogP contribution in [0.3, 0.4) is 0 Å². The molecule has 0 unspecified atom stereocenters. The molecule has 0 amide bonds. The average Bonchev–Trinajstić information content (AvgIpc) is 2.82. The molecule has 1 heterocycles. The number of aliphatic hydroxyl groups is 1. The maximum atomic E-state index is 11.8. The first kappa shape index (κ1) is 18.2. The maximum absolute atomic E-state index is 11.8. The molecule has 1 N–H and O–H groups in total. The van der Waals surface area contributed by atoms with Crippen molar-refractivity contribution in [2.24, 2.45) is 5.92 Å². The number of fused-ring (bicyclic) bond motifs is 1. The molecule has 2 rings (SSSR count). The third kappa shape index (κ3) is 4.45. The van der Waals surface area contributed by atoms with Crippen LogP contribution in [0, 0.1) is 5.92 Å². The van der Waals surface area contributed by atoms with E-state index < -0.39 is 5.97 Å². The molecule has 0 radical (unpaired) electrons. The molecular formula is C19H24O5. The van der Waals surface area contributed by atoms with Crippen molar-refractivity contribution in [3.8, 4) is 0 Å². The van der Waals surface area contributed by atoms with E-state index in [1.807, 2.05) is 12.2 Å². The second-order valence-electron chi connectivity index (χ2n) is 6.28. The molecule has 5 nitrogen and oxygen atoms in total. The zero-order chi connectivity index (χ0) is 17.7. The molecule has 5 heteroatoms. The lowest BCUT2D eigenvalue weighted by atomic mass is 9.88. The van der Waals surface area contributed by atoms with Gasteiger partial charge in [-0.3, -0.25) is 0 Å². The first-order valence-corrected chi connectivity index (χ1v) is 8.13. The third-order valence-corrected chi connectivity index (χ3v) is 4.36. The van der Waals surface area contributed by atoms with Gasteiger partial charge < -0.3 is 14.6 Å². The fourth-order valence-electron chi connectivity index (χ4n) is 2.88. The number of allylic oxidation sites excluding steroid dienone is 1. The Bertz CT molecular complexity index is 611. The molecule has 1 aliphatic carbocycles. The predicted octanol–water partition coefficient (Wildman–Crippen LogP) is 2.62. The molecule has 2 atom stereocenters. The van der Waals surface area contributed by atoms with Crippen molar-refractivity contribution in [3.63, 3.8) is 0 Å². The molecule has 0 aromatic carbocycles. The van der Waals surface area contributed by atoms with Gasteiger partial charge in [0.05, 0.1) is 6.61 Å². The van der Waals surface area contributed by atoms with Crippen molar-refractivity contribution in [3.05, 3.63) is 47.6 Å². The lowest BCUT2D eigenvalue weighted by Gasteiger charge is -2.19. The summed E-state index contributed by atoms with van der Waals surface area (Å²) in [5.74, 6) is -0.903. The van der Waals surface area contributed by atoms with E-state index in [2.05, 4.69) is 13.2 Å². The highest BCUT2D eigenvalue weighted by Gasteiger charge is 2.37. The summed E-state index contributed by atoms with van der Waals surface area (Å²) < 4.78 is 10.6. The van der Waals surface area contributed by atoms with Crippen LogP contribution in [-0.4, -0.2) is 36.4 Å². The lowest BCUT2D eigenvalue weighted by molar-refractivity contribution is -0.138. The largest absolute Gasteiger partial charge is 0.458 e. The number of carbonyl (C=O) groups is 2. The van der Waals surface area contributed by atoms with E-state index in [4.69, 9.17) is 9.47 Å². The topological polar surface area (TPSA) is 72.8 Å². The Morgan fingerprint density at radius 3 is 2.83 bits per heavy atom. The fourth-order valence-corrected chi connectivity index (χ4v) is 2.88. The summed E-state index contributed by atoms with van der Waals surface area (Å²) in [4.78, 5) is 23.4. The zero-order valence-electron chi connectivity index (χ0n) is 14.0. The van der Waals surface area contributed by atoms with Crippen LogP contribution in [0.1, 0.15) is 32.6 Å². The van der Waals surface area contributed by atoms with Gasteiger partial charge in [0.2, 0.25) is 0 Å². The summed E-state index contributed by atoms with van der Waals surface area (Å²) >= 11 is 0. The van der Waals surface area contributed by atoms with Gasteiger partial charge in [0, 0.05) is 17.1 Å². The number of rotatable bonds is 4. The Morgan fingerprint density at radius 1 is 1.42 bits per heavy atom. The molecule has 0 aromatic heterocycles. The second-order valence-corrected chi connectivity index (χ2v) is 6.28. The molecule has 1 fully saturated rings. The molecule has 24 heavy (non-hydrogen) atoms. The summed E-state index contributed by atoms with van der Waals surface area (Å²) in [5, 5.41) is 9.49. The van der Waals surface area contributed by atoms with Crippen LogP contribution in [0.15, 0.2) is 47.6 Å². The lowest BCUT2D eigenvalue weighted by Crippen LogP contribution is -2.17. The van der Waals surface area contributed by atoms with Crippen LogP contribution in [0.25, 0.3) is 0 Å². The third-order valence-electron chi connectivity index (χ3n) is 4.36. The summed E-state index contributed by atoms with van der Waals surface area (Å²) in [5.41, 5.74) is 2.66. The molecule has 1 saturated heterocycles. The van der Waals surface area contributed by atoms with Gasteiger partial charge in [0.15, 0.2) is 0 Å². The highest BCUT2D eigenvalue weighted by Crippen LogP contribution is 2.34. The first-order valence-electron chi connectivity index (χ1n) is 8.13. The summed E-state index contributed by atoms with van der Waals surface area (Å²) in [6, 6.07) is 0. The number of ether oxygens (including phenoxy) is 2. The minimum atomic E-state index is -0.411. The Morgan fingerprint density at radius 2 is 2.17 bits per heavy atom.